The minimum absolute atomic E-state index is 0.158. The van der Waals surface area contributed by atoms with Crippen LogP contribution in [0.15, 0.2) is 22.7 Å². The fourth-order valence-electron chi connectivity index (χ4n) is 1.41. The number of nitrogens with zero attached hydrogens (tertiary/aromatic N) is 3. The van der Waals surface area contributed by atoms with Crippen molar-refractivity contribution in [1.82, 2.24) is 15.0 Å². The first kappa shape index (κ1) is 11.7. The minimum Gasteiger partial charge on any atom is -0.476 e. The van der Waals surface area contributed by atoms with Crippen LogP contribution in [0, 0.1) is 12.7 Å². The standard InChI is InChI=1S/C10H7BrFN3O2/c1-5-9(10(16)17)13-14-15(5)8-3-2-6(11)4-7(8)12/h2-4H,1H3,(H,16,17). The highest BCUT2D eigenvalue weighted by Gasteiger charge is 2.17. The number of aromatic nitrogens is 3. The van der Waals surface area contributed by atoms with Crippen molar-refractivity contribution in [2.75, 3.05) is 0 Å². The number of benzene rings is 1. The molecule has 0 aliphatic heterocycles. The van der Waals surface area contributed by atoms with Crippen molar-refractivity contribution in [1.29, 1.82) is 0 Å². The second-order valence-corrected chi connectivity index (χ2v) is 4.25. The van der Waals surface area contributed by atoms with Crippen molar-refractivity contribution < 1.29 is 14.3 Å². The fraction of sp³-hybridized carbons (Fsp3) is 0.100. The van der Waals surface area contributed by atoms with Crippen LogP contribution in [0.2, 0.25) is 0 Å². The van der Waals surface area contributed by atoms with Crippen LogP contribution in [0.4, 0.5) is 4.39 Å². The van der Waals surface area contributed by atoms with E-state index in [0.29, 0.717) is 4.47 Å². The molecule has 1 aromatic heterocycles. The van der Waals surface area contributed by atoms with Crippen LogP contribution in [-0.2, 0) is 0 Å². The van der Waals surface area contributed by atoms with E-state index in [1.165, 1.54) is 19.1 Å². The second kappa shape index (κ2) is 4.25. The quantitative estimate of drug-likeness (QED) is 0.923. The topological polar surface area (TPSA) is 68.0 Å². The Balaban J connectivity index is 2.57. The zero-order valence-corrected chi connectivity index (χ0v) is 10.3. The molecule has 5 nitrogen and oxygen atoms in total. The monoisotopic (exact) mass is 299 g/mol. The molecular weight excluding hydrogens is 293 g/mol. The number of rotatable bonds is 2. The molecule has 0 saturated heterocycles. The summed E-state index contributed by atoms with van der Waals surface area (Å²) in [7, 11) is 0. The third-order valence-corrected chi connectivity index (χ3v) is 2.73. The second-order valence-electron chi connectivity index (χ2n) is 3.34. The minimum atomic E-state index is -1.19. The average Bonchev–Trinajstić information content (AvgIpc) is 2.60. The van der Waals surface area contributed by atoms with Gasteiger partial charge in [0.2, 0.25) is 0 Å². The van der Waals surface area contributed by atoms with Gasteiger partial charge in [0.1, 0.15) is 11.5 Å². The molecule has 0 spiro atoms. The number of halogens is 2. The number of aromatic carboxylic acids is 1. The van der Waals surface area contributed by atoms with Gasteiger partial charge in [-0.15, -0.1) is 5.10 Å². The van der Waals surface area contributed by atoms with Gasteiger partial charge in [0.25, 0.3) is 0 Å². The summed E-state index contributed by atoms with van der Waals surface area (Å²) in [5, 5.41) is 15.9. The molecule has 0 aliphatic rings. The van der Waals surface area contributed by atoms with Crippen molar-refractivity contribution in [3.05, 3.63) is 39.9 Å². The lowest BCUT2D eigenvalue weighted by molar-refractivity contribution is 0.0689. The SMILES string of the molecule is Cc1c(C(=O)O)nnn1-c1ccc(Br)cc1F. The van der Waals surface area contributed by atoms with Gasteiger partial charge < -0.3 is 5.11 Å². The average molecular weight is 300 g/mol. The zero-order valence-electron chi connectivity index (χ0n) is 8.69. The first-order valence-electron chi connectivity index (χ1n) is 4.61. The van der Waals surface area contributed by atoms with Gasteiger partial charge in [-0.2, -0.15) is 0 Å². The number of hydrogen-bond acceptors (Lipinski definition) is 3. The van der Waals surface area contributed by atoms with Crippen LogP contribution in [0.3, 0.4) is 0 Å². The first-order valence-corrected chi connectivity index (χ1v) is 5.41. The van der Waals surface area contributed by atoms with E-state index in [1.54, 1.807) is 6.07 Å². The number of carboxylic acids is 1. The lowest BCUT2D eigenvalue weighted by Crippen LogP contribution is -2.04. The largest absolute Gasteiger partial charge is 0.476 e. The summed E-state index contributed by atoms with van der Waals surface area (Å²) in [6, 6.07) is 4.41. The molecule has 88 valence electrons. The molecule has 0 atom stereocenters. The lowest BCUT2D eigenvalue weighted by Gasteiger charge is -2.04. The van der Waals surface area contributed by atoms with E-state index >= 15 is 0 Å². The Morgan fingerprint density at radius 3 is 2.76 bits per heavy atom. The Morgan fingerprint density at radius 1 is 1.53 bits per heavy atom. The maximum atomic E-state index is 13.7. The third-order valence-electron chi connectivity index (χ3n) is 2.24. The van der Waals surface area contributed by atoms with Crippen molar-refractivity contribution in [2.45, 2.75) is 6.92 Å². The van der Waals surface area contributed by atoms with Crippen LogP contribution in [-0.4, -0.2) is 26.1 Å². The fourth-order valence-corrected chi connectivity index (χ4v) is 1.74. The highest BCUT2D eigenvalue weighted by Crippen LogP contribution is 2.20. The smallest absolute Gasteiger partial charge is 0.358 e. The van der Waals surface area contributed by atoms with Crippen LogP contribution >= 0.6 is 15.9 Å². The van der Waals surface area contributed by atoms with Gasteiger partial charge in [-0.25, -0.2) is 13.9 Å². The van der Waals surface area contributed by atoms with Crippen molar-refractivity contribution in [3.8, 4) is 5.69 Å². The van der Waals surface area contributed by atoms with E-state index in [1.807, 2.05) is 0 Å². The van der Waals surface area contributed by atoms with Gasteiger partial charge in [0.05, 0.1) is 5.69 Å². The summed E-state index contributed by atoms with van der Waals surface area (Å²) >= 11 is 3.14. The van der Waals surface area contributed by atoms with E-state index in [2.05, 4.69) is 26.2 Å². The van der Waals surface area contributed by atoms with Crippen LogP contribution < -0.4 is 0 Å². The third kappa shape index (κ3) is 2.05. The molecule has 1 aromatic carbocycles. The molecule has 0 aliphatic carbocycles. The van der Waals surface area contributed by atoms with Crippen LogP contribution in [0.1, 0.15) is 16.2 Å². The van der Waals surface area contributed by atoms with E-state index in [9.17, 15) is 9.18 Å². The molecule has 0 unspecified atom stereocenters. The van der Waals surface area contributed by atoms with Crippen molar-refractivity contribution in [2.24, 2.45) is 0 Å². The van der Waals surface area contributed by atoms with Gasteiger partial charge in [-0.1, -0.05) is 21.1 Å². The summed E-state index contributed by atoms with van der Waals surface area (Å²) in [4.78, 5) is 10.8. The molecule has 0 amide bonds. The number of carboxylic acid groups (broad SMARTS) is 1. The summed E-state index contributed by atoms with van der Waals surface area (Å²) in [5.41, 5.74) is 0.247. The van der Waals surface area contributed by atoms with Crippen molar-refractivity contribution in [3.63, 3.8) is 0 Å². The Labute approximate surface area is 104 Å². The summed E-state index contributed by atoms with van der Waals surface area (Å²) in [6.07, 6.45) is 0. The molecule has 2 rings (SSSR count). The summed E-state index contributed by atoms with van der Waals surface area (Å²) in [6.45, 7) is 1.52. The highest BCUT2D eigenvalue weighted by molar-refractivity contribution is 9.10. The first-order chi connectivity index (χ1) is 8.00. The predicted molar refractivity (Wildman–Crippen MR) is 60.7 cm³/mol. The molecule has 17 heavy (non-hydrogen) atoms. The van der Waals surface area contributed by atoms with E-state index < -0.39 is 11.8 Å². The molecular formula is C10H7BrFN3O2. The van der Waals surface area contributed by atoms with Crippen LogP contribution in [0.5, 0.6) is 0 Å². The van der Waals surface area contributed by atoms with E-state index in [4.69, 9.17) is 5.11 Å². The maximum absolute atomic E-state index is 13.7. The molecule has 0 saturated carbocycles. The Bertz CT molecular complexity index is 597. The molecule has 0 fully saturated rings. The van der Waals surface area contributed by atoms with E-state index in [0.717, 1.165) is 4.68 Å². The predicted octanol–water partition coefficient (Wildman–Crippen LogP) is 2.18. The highest BCUT2D eigenvalue weighted by atomic mass is 79.9. The van der Waals surface area contributed by atoms with Crippen LogP contribution in [0.25, 0.3) is 5.69 Å². The summed E-state index contributed by atoms with van der Waals surface area (Å²) < 4.78 is 15.4. The number of hydrogen-bond donors (Lipinski definition) is 1. The Morgan fingerprint density at radius 2 is 2.24 bits per heavy atom. The van der Waals surface area contributed by atoms with Gasteiger partial charge in [-0.05, 0) is 25.1 Å². The number of carbonyl (C=O) groups is 1. The Kier molecular flexibility index (Phi) is 2.93. The molecule has 7 heteroatoms. The maximum Gasteiger partial charge on any atom is 0.358 e. The molecule has 1 N–H and O–H groups in total. The Hall–Kier alpha value is -1.76. The lowest BCUT2D eigenvalue weighted by atomic mass is 10.3. The molecule has 0 bridgehead atoms. The van der Waals surface area contributed by atoms with Gasteiger partial charge >= 0.3 is 5.97 Å². The van der Waals surface area contributed by atoms with Gasteiger partial charge in [0.15, 0.2) is 5.69 Å². The zero-order chi connectivity index (χ0) is 12.6. The van der Waals surface area contributed by atoms with Crippen molar-refractivity contribution >= 4 is 21.9 Å². The normalized spacial score (nSPS) is 10.5. The van der Waals surface area contributed by atoms with Gasteiger partial charge in [-0.3, -0.25) is 0 Å². The van der Waals surface area contributed by atoms with Gasteiger partial charge in [0, 0.05) is 4.47 Å². The van der Waals surface area contributed by atoms with E-state index in [-0.39, 0.29) is 17.1 Å². The molecule has 0 radical (unpaired) electrons. The molecule has 2 aromatic rings. The molecule has 1 heterocycles. The summed E-state index contributed by atoms with van der Waals surface area (Å²) in [5.74, 6) is -1.70.